The van der Waals surface area contributed by atoms with Gasteiger partial charge in [0.05, 0.1) is 12.8 Å². The number of carbonyl (C=O) groups is 3. The first-order valence-corrected chi connectivity index (χ1v) is 7.99. The Morgan fingerprint density at radius 1 is 1.04 bits per heavy atom. The smallest absolute Gasteiger partial charge is 0.311 e. The summed E-state index contributed by atoms with van der Waals surface area (Å²) in [4.78, 5) is 35.9. The minimum absolute atomic E-state index is 0.0758. The number of nitrogens with zero attached hydrogens (tertiary/aromatic N) is 1. The number of anilines is 1. The Morgan fingerprint density at radius 2 is 1.67 bits per heavy atom. The third-order valence-electron chi connectivity index (χ3n) is 3.46. The molecule has 0 heterocycles. The van der Waals surface area contributed by atoms with Gasteiger partial charge in [-0.05, 0) is 37.4 Å². The zero-order valence-electron chi connectivity index (χ0n) is 14.1. The number of benzene rings is 1. The van der Waals surface area contributed by atoms with E-state index in [0.29, 0.717) is 24.4 Å². The van der Waals surface area contributed by atoms with Crippen LogP contribution in [0.5, 0.6) is 5.75 Å². The lowest BCUT2D eigenvalue weighted by molar-refractivity contribution is -0.142. The number of ether oxygens (including phenoxy) is 1. The van der Waals surface area contributed by atoms with Crippen molar-refractivity contribution in [3.05, 3.63) is 24.3 Å². The normalized spacial score (nSPS) is 10.5. The number of nitrogens with one attached hydrogen (secondary N) is 1. The highest BCUT2D eigenvalue weighted by molar-refractivity contribution is 5.90. The van der Waals surface area contributed by atoms with Crippen LogP contribution in [0, 0.1) is 0 Å². The second-order valence-electron chi connectivity index (χ2n) is 5.22. The van der Waals surface area contributed by atoms with Crippen molar-refractivity contribution in [2.75, 3.05) is 25.0 Å². The fourth-order valence-corrected chi connectivity index (χ4v) is 2.02. The number of carboxylic acids is 1. The first kappa shape index (κ1) is 19.6. The van der Waals surface area contributed by atoms with Crippen LogP contribution in [0.25, 0.3) is 0 Å². The van der Waals surface area contributed by atoms with Crippen LogP contribution < -0.4 is 10.1 Å². The molecule has 0 bridgehead atoms. The molecule has 1 aromatic rings. The molecule has 0 aliphatic rings. The predicted octanol–water partition coefficient (Wildman–Crippen LogP) is 2.13. The average molecular weight is 336 g/mol. The number of esters is 1. The summed E-state index contributed by atoms with van der Waals surface area (Å²) in [5, 5.41) is 11.3. The summed E-state index contributed by atoms with van der Waals surface area (Å²) < 4.78 is 5.01. The second kappa shape index (κ2) is 10.4. The van der Waals surface area contributed by atoms with Crippen molar-refractivity contribution in [1.29, 1.82) is 0 Å². The predicted molar refractivity (Wildman–Crippen MR) is 90.0 cm³/mol. The van der Waals surface area contributed by atoms with Gasteiger partial charge in [0.2, 0.25) is 5.91 Å². The zero-order chi connectivity index (χ0) is 17.9. The molecule has 0 fully saturated rings. The Kier molecular flexibility index (Phi) is 8.49. The number of hydrogen-bond acceptors (Lipinski definition) is 5. The maximum Gasteiger partial charge on any atom is 0.311 e. The van der Waals surface area contributed by atoms with E-state index in [1.54, 1.807) is 24.3 Å². The molecule has 0 saturated carbocycles. The highest BCUT2D eigenvalue weighted by atomic mass is 16.5. The van der Waals surface area contributed by atoms with Crippen LogP contribution in [0.4, 0.5) is 5.69 Å². The van der Waals surface area contributed by atoms with Gasteiger partial charge in [-0.25, -0.2) is 0 Å². The lowest BCUT2D eigenvalue weighted by Crippen LogP contribution is -2.27. The van der Waals surface area contributed by atoms with Gasteiger partial charge in [-0.15, -0.1) is 0 Å². The number of carboxylic acid groups (broad SMARTS) is 1. The molecule has 1 amide bonds. The largest absolute Gasteiger partial charge is 0.481 e. The lowest BCUT2D eigenvalue weighted by atomic mass is 10.2. The number of hydrogen-bond donors (Lipinski definition) is 2. The molecule has 0 unspecified atom stereocenters. The molecule has 132 valence electrons. The first-order valence-electron chi connectivity index (χ1n) is 7.99. The van der Waals surface area contributed by atoms with Gasteiger partial charge >= 0.3 is 11.9 Å². The highest BCUT2D eigenvalue weighted by Gasteiger charge is 2.09. The van der Waals surface area contributed by atoms with Gasteiger partial charge < -0.3 is 20.1 Å². The van der Waals surface area contributed by atoms with E-state index in [1.807, 2.05) is 0 Å². The molecule has 1 aromatic carbocycles. The molecule has 7 heteroatoms. The van der Waals surface area contributed by atoms with Crippen LogP contribution >= 0.6 is 0 Å². The summed E-state index contributed by atoms with van der Waals surface area (Å²) in [6.07, 6.45) is -0.0354. The van der Waals surface area contributed by atoms with Crippen molar-refractivity contribution in [3.63, 3.8) is 0 Å². The van der Waals surface area contributed by atoms with E-state index in [1.165, 1.54) is 0 Å². The second-order valence-corrected chi connectivity index (χ2v) is 5.22. The highest BCUT2D eigenvalue weighted by Crippen LogP contribution is 2.16. The van der Waals surface area contributed by atoms with Gasteiger partial charge in [-0.1, -0.05) is 13.8 Å². The molecular weight excluding hydrogens is 312 g/mol. The van der Waals surface area contributed by atoms with E-state index in [-0.39, 0.29) is 18.7 Å². The SMILES string of the molecule is CCN(CC)CCC(=O)Nc1ccc(OC(=O)CCC(=O)O)cc1. The lowest BCUT2D eigenvalue weighted by Gasteiger charge is -2.17. The fraction of sp³-hybridized carbons (Fsp3) is 0.471. The van der Waals surface area contributed by atoms with Crippen molar-refractivity contribution in [3.8, 4) is 5.75 Å². The van der Waals surface area contributed by atoms with E-state index in [9.17, 15) is 14.4 Å². The Bertz CT molecular complexity index is 553. The maximum atomic E-state index is 11.9. The minimum Gasteiger partial charge on any atom is -0.481 e. The summed E-state index contributed by atoms with van der Waals surface area (Å²) in [7, 11) is 0. The van der Waals surface area contributed by atoms with E-state index in [0.717, 1.165) is 13.1 Å². The average Bonchev–Trinajstić information content (AvgIpc) is 2.55. The van der Waals surface area contributed by atoms with Crippen LogP contribution in [0.2, 0.25) is 0 Å². The van der Waals surface area contributed by atoms with Crippen molar-refractivity contribution < 1.29 is 24.2 Å². The molecule has 24 heavy (non-hydrogen) atoms. The number of amides is 1. The monoisotopic (exact) mass is 336 g/mol. The van der Waals surface area contributed by atoms with Crippen LogP contribution in [0.3, 0.4) is 0 Å². The van der Waals surface area contributed by atoms with Crippen molar-refractivity contribution in [2.24, 2.45) is 0 Å². The maximum absolute atomic E-state index is 11.9. The van der Waals surface area contributed by atoms with E-state index < -0.39 is 11.9 Å². The first-order chi connectivity index (χ1) is 11.4. The number of rotatable bonds is 10. The Labute approximate surface area is 141 Å². The standard InChI is InChI=1S/C17H24N2O5/c1-3-19(4-2)12-11-15(20)18-13-5-7-14(8-6-13)24-17(23)10-9-16(21)22/h5-8H,3-4,9-12H2,1-2H3,(H,18,20)(H,21,22). The van der Waals surface area contributed by atoms with Crippen molar-refractivity contribution >= 4 is 23.5 Å². The Hall–Kier alpha value is -2.41. The Morgan fingerprint density at radius 3 is 2.21 bits per heavy atom. The third kappa shape index (κ3) is 7.73. The van der Waals surface area contributed by atoms with Crippen LogP contribution in [0.15, 0.2) is 24.3 Å². The molecule has 0 spiro atoms. The summed E-state index contributed by atoms with van der Waals surface area (Å²) in [5.74, 6) is -1.41. The fourth-order valence-electron chi connectivity index (χ4n) is 2.02. The van der Waals surface area contributed by atoms with Crippen molar-refractivity contribution in [2.45, 2.75) is 33.1 Å². The van der Waals surface area contributed by atoms with Crippen molar-refractivity contribution in [1.82, 2.24) is 4.90 Å². The topological polar surface area (TPSA) is 95.9 Å². The van der Waals surface area contributed by atoms with Crippen LogP contribution in [-0.2, 0) is 14.4 Å². The molecule has 0 radical (unpaired) electrons. The van der Waals surface area contributed by atoms with E-state index >= 15 is 0 Å². The molecule has 2 N–H and O–H groups in total. The minimum atomic E-state index is -1.05. The third-order valence-corrected chi connectivity index (χ3v) is 3.46. The zero-order valence-corrected chi connectivity index (χ0v) is 14.1. The van der Waals surface area contributed by atoms with Gasteiger partial charge in [-0.2, -0.15) is 0 Å². The van der Waals surface area contributed by atoms with Gasteiger partial charge in [0.1, 0.15) is 5.75 Å². The molecule has 7 nitrogen and oxygen atoms in total. The summed E-state index contributed by atoms with van der Waals surface area (Å²) in [5.41, 5.74) is 0.616. The van der Waals surface area contributed by atoms with Crippen LogP contribution in [0.1, 0.15) is 33.1 Å². The summed E-state index contributed by atoms with van der Waals surface area (Å²) >= 11 is 0. The molecule has 0 aromatic heterocycles. The molecule has 0 aliphatic carbocycles. The number of aliphatic carboxylic acids is 1. The number of carbonyl (C=O) groups excluding carboxylic acids is 2. The van der Waals surface area contributed by atoms with E-state index in [4.69, 9.17) is 9.84 Å². The van der Waals surface area contributed by atoms with Gasteiger partial charge in [0.15, 0.2) is 0 Å². The van der Waals surface area contributed by atoms with Gasteiger partial charge in [0.25, 0.3) is 0 Å². The molecule has 0 saturated heterocycles. The Balaban J connectivity index is 2.42. The molecule has 1 rings (SSSR count). The molecule has 0 aliphatic heterocycles. The molecular formula is C17H24N2O5. The van der Waals surface area contributed by atoms with Gasteiger partial charge in [0, 0.05) is 18.7 Å². The summed E-state index contributed by atoms with van der Waals surface area (Å²) in [6.45, 7) is 6.63. The van der Waals surface area contributed by atoms with Gasteiger partial charge in [-0.3, -0.25) is 14.4 Å². The quantitative estimate of drug-likeness (QED) is 0.502. The van der Waals surface area contributed by atoms with Crippen LogP contribution in [-0.4, -0.2) is 47.5 Å². The molecule has 0 atom stereocenters. The summed E-state index contributed by atoms with van der Waals surface area (Å²) in [6, 6.07) is 6.38. The van der Waals surface area contributed by atoms with E-state index in [2.05, 4.69) is 24.1 Å².